The highest BCUT2D eigenvalue weighted by molar-refractivity contribution is 7.22. The lowest BCUT2D eigenvalue weighted by atomic mass is 10.2. The maximum absolute atomic E-state index is 12.5. The molecule has 2 heterocycles. The van der Waals surface area contributed by atoms with E-state index in [2.05, 4.69) is 22.0 Å². The van der Waals surface area contributed by atoms with Gasteiger partial charge in [-0.25, -0.2) is 4.98 Å². The number of nitrogens with one attached hydrogen (secondary N) is 1. The van der Waals surface area contributed by atoms with E-state index in [1.807, 2.05) is 36.4 Å². The molecule has 1 N–H and O–H groups in total. The number of benzene rings is 2. The Bertz CT molecular complexity index is 1130. The molecule has 194 valence electrons. The summed E-state index contributed by atoms with van der Waals surface area (Å²) in [6.45, 7) is 7.98. The molecule has 4 rings (SSSR count). The van der Waals surface area contributed by atoms with Crippen molar-refractivity contribution in [2.45, 2.75) is 26.2 Å². The molecule has 3 aromatic rings. The van der Waals surface area contributed by atoms with Gasteiger partial charge in [0.2, 0.25) is 0 Å². The lowest BCUT2D eigenvalue weighted by molar-refractivity contribution is 0.0947. The van der Waals surface area contributed by atoms with E-state index in [-0.39, 0.29) is 5.91 Å². The van der Waals surface area contributed by atoms with Crippen LogP contribution in [0.5, 0.6) is 17.2 Å². The van der Waals surface area contributed by atoms with Crippen molar-refractivity contribution in [3.8, 4) is 17.2 Å². The number of fused-ring (bicyclic) bond motifs is 1. The number of carbonyl (C=O) groups is 1. The summed E-state index contributed by atoms with van der Waals surface area (Å²) in [7, 11) is 3.28. The number of aromatic nitrogens is 1. The fourth-order valence-electron chi connectivity index (χ4n) is 4.27. The fraction of sp³-hybridized carbons (Fsp3) is 0.481. The maximum atomic E-state index is 12.5. The molecular weight excluding hydrogens is 476 g/mol. The largest absolute Gasteiger partial charge is 0.494 e. The minimum absolute atomic E-state index is 0.0509. The zero-order chi connectivity index (χ0) is 25.3. The number of ether oxygens (including phenoxy) is 3. The standard InChI is InChI=1S/C27H36N4O4S/c1-4-5-6-19-35-21-9-7-20(8-10-21)26(32)28-13-14-30-15-17-31(18-16-30)27-29-24-23(36-27)12-11-22(33-2)25(24)34-3/h7-12H,4-6,13-19H2,1-3H3,(H,28,32). The molecule has 1 aliphatic heterocycles. The van der Waals surface area contributed by atoms with Gasteiger partial charge in [-0.1, -0.05) is 31.1 Å². The molecule has 2 aromatic carbocycles. The molecule has 1 fully saturated rings. The molecule has 1 saturated heterocycles. The first kappa shape index (κ1) is 26.0. The van der Waals surface area contributed by atoms with Crippen LogP contribution in [0.25, 0.3) is 10.2 Å². The minimum Gasteiger partial charge on any atom is -0.494 e. The van der Waals surface area contributed by atoms with E-state index in [4.69, 9.17) is 19.2 Å². The van der Waals surface area contributed by atoms with E-state index >= 15 is 0 Å². The number of methoxy groups -OCH3 is 2. The molecule has 36 heavy (non-hydrogen) atoms. The highest BCUT2D eigenvalue weighted by Gasteiger charge is 2.22. The Morgan fingerprint density at radius 2 is 1.81 bits per heavy atom. The predicted molar refractivity (Wildman–Crippen MR) is 145 cm³/mol. The molecule has 8 nitrogen and oxygen atoms in total. The van der Waals surface area contributed by atoms with Gasteiger partial charge in [0.15, 0.2) is 16.6 Å². The number of piperazine rings is 1. The van der Waals surface area contributed by atoms with Crippen molar-refractivity contribution in [3.63, 3.8) is 0 Å². The van der Waals surface area contributed by atoms with Crippen molar-refractivity contribution in [2.24, 2.45) is 0 Å². The van der Waals surface area contributed by atoms with Crippen LogP contribution in [0, 0.1) is 0 Å². The topological polar surface area (TPSA) is 76.2 Å². The summed E-state index contributed by atoms with van der Waals surface area (Å²) in [5.41, 5.74) is 1.50. The van der Waals surface area contributed by atoms with E-state index < -0.39 is 0 Å². The van der Waals surface area contributed by atoms with Crippen LogP contribution < -0.4 is 24.4 Å². The van der Waals surface area contributed by atoms with Gasteiger partial charge in [0, 0.05) is 44.8 Å². The number of amides is 1. The summed E-state index contributed by atoms with van der Waals surface area (Å²) in [5, 5.41) is 4.04. The van der Waals surface area contributed by atoms with Crippen LogP contribution >= 0.6 is 11.3 Å². The van der Waals surface area contributed by atoms with Gasteiger partial charge in [-0.2, -0.15) is 0 Å². The average molecular weight is 513 g/mol. The van der Waals surface area contributed by atoms with Gasteiger partial charge in [0.05, 0.1) is 25.5 Å². The predicted octanol–water partition coefficient (Wildman–Crippen LogP) is 4.43. The van der Waals surface area contributed by atoms with Crippen molar-refractivity contribution >= 4 is 32.6 Å². The third-order valence-corrected chi connectivity index (χ3v) is 7.46. The number of anilines is 1. The fourth-order valence-corrected chi connectivity index (χ4v) is 5.29. The van der Waals surface area contributed by atoms with E-state index in [1.54, 1.807) is 25.6 Å². The van der Waals surface area contributed by atoms with Crippen LogP contribution in [0.4, 0.5) is 5.13 Å². The summed E-state index contributed by atoms with van der Waals surface area (Å²) in [6, 6.07) is 11.3. The van der Waals surface area contributed by atoms with Crippen molar-refractivity contribution in [3.05, 3.63) is 42.0 Å². The van der Waals surface area contributed by atoms with Crippen LogP contribution in [-0.4, -0.2) is 75.9 Å². The Kier molecular flexibility index (Phi) is 9.24. The van der Waals surface area contributed by atoms with E-state index in [0.29, 0.717) is 30.2 Å². The Labute approximate surface area is 217 Å². The monoisotopic (exact) mass is 512 g/mol. The summed E-state index contributed by atoms with van der Waals surface area (Å²) in [4.78, 5) is 22.1. The van der Waals surface area contributed by atoms with Gasteiger partial charge in [-0.3, -0.25) is 9.69 Å². The van der Waals surface area contributed by atoms with Gasteiger partial charge in [0.25, 0.3) is 5.91 Å². The molecular formula is C27H36N4O4S. The van der Waals surface area contributed by atoms with Crippen LogP contribution in [0.15, 0.2) is 36.4 Å². The lowest BCUT2D eigenvalue weighted by Crippen LogP contribution is -2.48. The van der Waals surface area contributed by atoms with Crippen LogP contribution in [0.1, 0.15) is 36.5 Å². The van der Waals surface area contributed by atoms with Crippen LogP contribution in [0.3, 0.4) is 0 Å². The maximum Gasteiger partial charge on any atom is 0.251 e. The second kappa shape index (κ2) is 12.8. The zero-order valence-electron chi connectivity index (χ0n) is 21.4. The molecule has 0 spiro atoms. The van der Waals surface area contributed by atoms with Crippen LogP contribution in [-0.2, 0) is 0 Å². The number of thiazole rings is 1. The molecule has 0 aliphatic carbocycles. The molecule has 1 aromatic heterocycles. The normalized spacial score (nSPS) is 14.1. The second-order valence-corrected chi connectivity index (χ2v) is 9.82. The molecule has 0 radical (unpaired) electrons. The third-order valence-electron chi connectivity index (χ3n) is 6.38. The number of unbranched alkanes of at least 4 members (excludes halogenated alkanes) is 2. The Hall–Kier alpha value is -3.04. The Morgan fingerprint density at radius 3 is 2.50 bits per heavy atom. The first-order valence-electron chi connectivity index (χ1n) is 12.6. The van der Waals surface area contributed by atoms with Gasteiger partial charge < -0.3 is 24.4 Å². The van der Waals surface area contributed by atoms with Crippen molar-refractivity contribution in [1.82, 2.24) is 15.2 Å². The highest BCUT2D eigenvalue weighted by atomic mass is 32.1. The van der Waals surface area contributed by atoms with Gasteiger partial charge in [-0.15, -0.1) is 0 Å². The Balaban J connectivity index is 1.21. The smallest absolute Gasteiger partial charge is 0.251 e. The second-order valence-electron chi connectivity index (χ2n) is 8.81. The molecule has 1 amide bonds. The summed E-state index contributed by atoms with van der Waals surface area (Å²) >= 11 is 1.68. The zero-order valence-corrected chi connectivity index (χ0v) is 22.2. The number of nitrogens with zero attached hydrogens (tertiary/aromatic N) is 3. The van der Waals surface area contributed by atoms with Crippen molar-refractivity contribution < 1.29 is 19.0 Å². The average Bonchev–Trinajstić information content (AvgIpc) is 3.35. The van der Waals surface area contributed by atoms with Gasteiger partial charge in [-0.05, 0) is 42.8 Å². The molecule has 1 aliphatic rings. The van der Waals surface area contributed by atoms with Crippen LogP contribution in [0.2, 0.25) is 0 Å². The molecule has 0 atom stereocenters. The third kappa shape index (κ3) is 6.39. The Morgan fingerprint density at radius 1 is 1.03 bits per heavy atom. The summed E-state index contributed by atoms with van der Waals surface area (Å²) in [5.74, 6) is 2.14. The number of hydrogen-bond acceptors (Lipinski definition) is 8. The molecule has 9 heteroatoms. The van der Waals surface area contributed by atoms with E-state index in [0.717, 1.165) is 60.2 Å². The van der Waals surface area contributed by atoms with E-state index in [1.165, 1.54) is 12.8 Å². The molecule has 0 bridgehead atoms. The quantitative estimate of drug-likeness (QED) is 0.360. The summed E-state index contributed by atoms with van der Waals surface area (Å²) in [6.07, 6.45) is 3.40. The minimum atomic E-state index is -0.0509. The first-order valence-corrected chi connectivity index (χ1v) is 13.4. The van der Waals surface area contributed by atoms with Crippen molar-refractivity contribution in [2.75, 3.05) is 65.0 Å². The van der Waals surface area contributed by atoms with E-state index in [9.17, 15) is 4.79 Å². The summed E-state index contributed by atoms with van der Waals surface area (Å²) < 4.78 is 17.8. The number of rotatable bonds is 12. The molecule has 0 saturated carbocycles. The SMILES string of the molecule is CCCCCOc1ccc(C(=O)NCCN2CCN(c3nc4c(OC)c(OC)ccc4s3)CC2)cc1. The molecule has 0 unspecified atom stereocenters. The number of carbonyl (C=O) groups excluding carboxylic acids is 1. The van der Waals surface area contributed by atoms with Gasteiger partial charge in [0.1, 0.15) is 11.3 Å². The lowest BCUT2D eigenvalue weighted by Gasteiger charge is -2.34. The first-order chi connectivity index (χ1) is 17.6. The van der Waals surface area contributed by atoms with Crippen molar-refractivity contribution in [1.29, 1.82) is 0 Å². The number of hydrogen-bond donors (Lipinski definition) is 1. The highest BCUT2D eigenvalue weighted by Crippen LogP contribution is 2.40. The van der Waals surface area contributed by atoms with Gasteiger partial charge >= 0.3 is 0 Å².